The standard InChI is InChI=1S/C16H15IN2O3/c1-21-12-7-11(8-13(9-12)22-2)3-4-16(20)19-15-5-6-18-10-14(15)17/h3-10H,1-2H3,(H,18,19,20)/b4-3+. The minimum absolute atomic E-state index is 0.217. The van der Waals surface area contributed by atoms with Crippen molar-refractivity contribution in [2.45, 2.75) is 0 Å². The molecule has 0 saturated heterocycles. The summed E-state index contributed by atoms with van der Waals surface area (Å²) in [5.41, 5.74) is 1.55. The van der Waals surface area contributed by atoms with Crippen LogP contribution in [0.4, 0.5) is 5.69 Å². The van der Waals surface area contributed by atoms with Gasteiger partial charge in [0.1, 0.15) is 11.5 Å². The number of carbonyl (C=O) groups excluding carboxylic acids is 1. The van der Waals surface area contributed by atoms with Crippen LogP contribution in [0.3, 0.4) is 0 Å². The van der Waals surface area contributed by atoms with E-state index in [0.29, 0.717) is 11.5 Å². The SMILES string of the molecule is COc1cc(/C=C/C(=O)Nc2ccncc2I)cc(OC)c1. The molecular weight excluding hydrogens is 395 g/mol. The molecular formula is C16H15IN2O3. The molecule has 114 valence electrons. The predicted octanol–water partition coefficient (Wildman–Crippen LogP) is 3.36. The van der Waals surface area contributed by atoms with E-state index in [1.54, 1.807) is 44.8 Å². The minimum atomic E-state index is -0.217. The highest BCUT2D eigenvalue weighted by Gasteiger charge is 2.03. The molecule has 0 unspecified atom stereocenters. The lowest BCUT2D eigenvalue weighted by Crippen LogP contribution is -2.09. The zero-order valence-corrected chi connectivity index (χ0v) is 14.3. The molecule has 0 aliphatic heterocycles. The summed E-state index contributed by atoms with van der Waals surface area (Å²) in [6, 6.07) is 7.17. The van der Waals surface area contributed by atoms with Gasteiger partial charge in [-0.05, 0) is 52.4 Å². The maximum atomic E-state index is 12.0. The number of hydrogen-bond donors (Lipinski definition) is 1. The first-order chi connectivity index (χ1) is 10.6. The lowest BCUT2D eigenvalue weighted by molar-refractivity contribution is -0.111. The van der Waals surface area contributed by atoms with Gasteiger partial charge in [0.2, 0.25) is 5.91 Å². The number of nitrogens with zero attached hydrogens (tertiary/aromatic N) is 1. The summed E-state index contributed by atoms with van der Waals surface area (Å²) in [5, 5.41) is 2.80. The highest BCUT2D eigenvalue weighted by atomic mass is 127. The molecule has 2 rings (SSSR count). The van der Waals surface area contributed by atoms with Gasteiger partial charge in [0, 0.05) is 24.5 Å². The van der Waals surface area contributed by atoms with E-state index in [9.17, 15) is 4.79 Å². The monoisotopic (exact) mass is 410 g/mol. The van der Waals surface area contributed by atoms with E-state index in [-0.39, 0.29) is 5.91 Å². The Morgan fingerprint density at radius 2 is 1.91 bits per heavy atom. The highest BCUT2D eigenvalue weighted by Crippen LogP contribution is 2.23. The third-order valence-corrected chi connectivity index (χ3v) is 3.69. The molecule has 0 saturated carbocycles. The number of amides is 1. The number of benzene rings is 1. The molecule has 0 bridgehead atoms. The first kappa shape index (κ1) is 16.3. The van der Waals surface area contributed by atoms with Crippen LogP contribution in [0.25, 0.3) is 6.08 Å². The van der Waals surface area contributed by atoms with Crippen LogP contribution >= 0.6 is 22.6 Å². The van der Waals surface area contributed by atoms with Gasteiger partial charge < -0.3 is 14.8 Å². The summed E-state index contributed by atoms with van der Waals surface area (Å²) in [6.07, 6.45) is 6.49. The average molecular weight is 410 g/mol. The summed E-state index contributed by atoms with van der Waals surface area (Å²) in [6.45, 7) is 0. The maximum Gasteiger partial charge on any atom is 0.248 e. The lowest BCUT2D eigenvalue weighted by atomic mass is 10.2. The quantitative estimate of drug-likeness (QED) is 0.607. The normalized spacial score (nSPS) is 10.5. The molecule has 1 aromatic carbocycles. The number of hydrogen-bond acceptors (Lipinski definition) is 4. The van der Waals surface area contributed by atoms with Gasteiger partial charge in [-0.2, -0.15) is 0 Å². The number of ether oxygens (including phenoxy) is 2. The number of halogens is 1. The van der Waals surface area contributed by atoms with Crippen molar-refractivity contribution in [2.24, 2.45) is 0 Å². The number of anilines is 1. The number of carbonyl (C=O) groups is 1. The van der Waals surface area contributed by atoms with Crippen molar-refractivity contribution in [3.63, 3.8) is 0 Å². The fourth-order valence-corrected chi connectivity index (χ4v) is 2.22. The Morgan fingerprint density at radius 3 is 2.50 bits per heavy atom. The Balaban J connectivity index is 2.11. The van der Waals surface area contributed by atoms with Crippen molar-refractivity contribution in [3.05, 3.63) is 51.9 Å². The molecule has 1 heterocycles. The van der Waals surface area contributed by atoms with Gasteiger partial charge in [-0.3, -0.25) is 9.78 Å². The molecule has 0 spiro atoms. The van der Waals surface area contributed by atoms with Gasteiger partial charge in [0.25, 0.3) is 0 Å². The fourth-order valence-electron chi connectivity index (χ4n) is 1.75. The van der Waals surface area contributed by atoms with Crippen LogP contribution in [-0.4, -0.2) is 25.1 Å². The second-order valence-electron chi connectivity index (χ2n) is 4.32. The minimum Gasteiger partial charge on any atom is -0.497 e. The zero-order chi connectivity index (χ0) is 15.9. The van der Waals surface area contributed by atoms with E-state index in [4.69, 9.17) is 9.47 Å². The van der Waals surface area contributed by atoms with Crippen LogP contribution in [0.2, 0.25) is 0 Å². The molecule has 0 aliphatic rings. The Kier molecular flexibility index (Phi) is 5.76. The first-order valence-corrected chi connectivity index (χ1v) is 7.52. The van der Waals surface area contributed by atoms with E-state index in [1.807, 2.05) is 12.1 Å². The summed E-state index contributed by atoms with van der Waals surface area (Å²) < 4.78 is 11.3. The summed E-state index contributed by atoms with van der Waals surface area (Å²) in [5.74, 6) is 1.12. The summed E-state index contributed by atoms with van der Waals surface area (Å²) in [7, 11) is 3.17. The van der Waals surface area contributed by atoms with Crippen molar-refractivity contribution < 1.29 is 14.3 Å². The Labute approximate surface area is 142 Å². The number of methoxy groups -OCH3 is 2. The van der Waals surface area contributed by atoms with Crippen LogP contribution < -0.4 is 14.8 Å². The van der Waals surface area contributed by atoms with Gasteiger partial charge in [-0.15, -0.1) is 0 Å². The first-order valence-electron chi connectivity index (χ1n) is 6.44. The number of rotatable bonds is 5. The summed E-state index contributed by atoms with van der Waals surface area (Å²) >= 11 is 2.12. The predicted molar refractivity (Wildman–Crippen MR) is 94.2 cm³/mol. The van der Waals surface area contributed by atoms with E-state index in [1.165, 1.54) is 6.08 Å². The Hall–Kier alpha value is -2.09. The molecule has 0 radical (unpaired) electrons. The van der Waals surface area contributed by atoms with Crippen LogP contribution in [-0.2, 0) is 4.79 Å². The van der Waals surface area contributed by atoms with Gasteiger partial charge in [-0.1, -0.05) is 0 Å². The molecule has 0 fully saturated rings. The van der Waals surface area contributed by atoms with Gasteiger partial charge in [-0.25, -0.2) is 0 Å². The van der Waals surface area contributed by atoms with E-state index >= 15 is 0 Å². The number of aromatic nitrogens is 1. The molecule has 1 N–H and O–H groups in total. The molecule has 22 heavy (non-hydrogen) atoms. The Morgan fingerprint density at radius 1 is 1.23 bits per heavy atom. The van der Waals surface area contributed by atoms with Crippen LogP contribution in [0.1, 0.15) is 5.56 Å². The molecule has 0 aliphatic carbocycles. The fraction of sp³-hybridized carbons (Fsp3) is 0.125. The van der Waals surface area contributed by atoms with Crippen molar-refractivity contribution >= 4 is 40.3 Å². The molecule has 5 nitrogen and oxygen atoms in total. The smallest absolute Gasteiger partial charge is 0.248 e. The molecule has 1 aromatic heterocycles. The van der Waals surface area contributed by atoms with E-state index in [0.717, 1.165) is 14.8 Å². The van der Waals surface area contributed by atoms with Crippen molar-refractivity contribution in [1.29, 1.82) is 0 Å². The van der Waals surface area contributed by atoms with Gasteiger partial charge in [0.05, 0.1) is 23.5 Å². The topological polar surface area (TPSA) is 60.5 Å². The van der Waals surface area contributed by atoms with Gasteiger partial charge >= 0.3 is 0 Å². The Bertz CT molecular complexity index is 679. The largest absolute Gasteiger partial charge is 0.497 e. The third kappa shape index (κ3) is 4.45. The van der Waals surface area contributed by atoms with Crippen molar-refractivity contribution in [3.8, 4) is 11.5 Å². The molecule has 6 heteroatoms. The summed E-state index contributed by atoms with van der Waals surface area (Å²) in [4.78, 5) is 15.9. The van der Waals surface area contributed by atoms with Crippen molar-refractivity contribution in [2.75, 3.05) is 19.5 Å². The zero-order valence-electron chi connectivity index (χ0n) is 12.2. The average Bonchev–Trinajstić information content (AvgIpc) is 2.54. The number of nitrogens with one attached hydrogen (secondary N) is 1. The van der Waals surface area contributed by atoms with E-state index in [2.05, 4.69) is 32.9 Å². The highest BCUT2D eigenvalue weighted by molar-refractivity contribution is 14.1. The van der Waals surface area contributed by atoms with Crippen molar-refractivity contribution in [1.82, 2.24) is 4.98 Å². The third-order valence-electron chi connectivity index (χ3n) is 2.83. The second kappa shape index (κ2) is 7.79. The molecule has 1 amide bonds. The van der Waals surface area contributed by atoms with Crippen LogP contribution in [0, 0.1) is 3.57 Å². The second-order valence-corrected chi connectivity index (χ2v) is 5.49. The van der Waals surface area contributed by atoms with Crippen LogP contribution in [0.15, 0.2) is 42.7 Å². The molecule has 2 aromatic rings. The number of pyridine rings is 1. The molecule has 0 atom stereocenters. The van der Waals surface area contributed by atoms with Crippen LogP contribution in [0.5, 0.6) is 11.5 Å². The van der Waals surface area contributed by atoms with E-state index < -0.39 is 0 Å². The maximum absolute atomic E-state index is 12.0. The lowest BCUT2D eigenvalue weighted by Gasteiger charge is -2.06. The van der Waals surface area contributed by atoms with Gasteiger partial charge in [0.15, 0.2) is 0 Å².